The number of aromatic nitrogens is 4. The number of pyridine rings is 2. The average molecular weight is 315 g/mol. The topological polar surface area (TPSA) is 66.5 Å². The molecule has 3 rings (SSSR count). The van der Waals surface area contributed by atoms with Gasteiger partial charge in [0.05, 0.1) is 11.9 Å². The molecule has 3 aromatic heterocycles. The molecule has 0 radical (unpaired) electrons. The molecule has 0 fully saturated rings. The number of hydrogen-bond acceptors (Lipinski definition) is 4. The van der Waals surface area contributed by atoms with Gasteiger partial charge in [-0.1, -0.05) is 6.92 Å². The van der Waals surface area contributed by atoms with Crippen molar-refractivity contribution in [3.63, 3.8) is 0 Å². The lowest BCUT2D eigenvalue weighted by atomic mass is 10.1. The molecule has 0 spiro atoms. The molecule has 0 aliphatic heterocycles. The van der Waals surface area contributed by atoms with E-state index < -0.39 is 6.43 Å². The summed E-state index contributed by atoms with van der Waals surface area (Å²) in [6, 6.07) is 6.46. The van der Waals surface area contributed by atoms with Crippen LogP contribution >= 0.6 is 0 Å². The summed E-state index contributed by atoms with van der Waals surface area (Å²) < 4.78 is 25.5. The second-order valence-corrected chi connectivity index (χ2v) is 4.99. The van der Waals surface area contributed by atoms with Gasteiger partial charge in [0, 0.05) is 23.5 Å². The largest absolute Gasteiger partial charge is 0.325 e. The van der Waals surface area contributed by atoms with Crippen molar-refractivity contribution >= 4 is 11.6 Å². The van der Waals surface area contributed by atoms with Gasteiger partial charge in [0.15, 0.2) is 0 Å². The summed E-state index contributed by atoms with van der Waals surface area (Å²) in [5, 5.41) is 9.66. The number of aromatic amines is 1. The molecule has 0 amide bonds. The Morgan fingerprint density at radius 2 is 2.09 bits per heavy atom. The van der Waals surface area contributed by atoms with Gasteiger partial charge in [0.2, 0.25) is 0 Å². The zero-order valence-electron chi connectivity index (χ0n) is 12.4. The molecule has 3 heterocycles. The van der Waals surface area contributed by atoms with Gasteiger partial charge in [-0.05, 0) is 36.2 Å². The average Bonchev–Trinajstić information content (AvgIpc) is 3.09. The smallest absolute Gasteiger partial charge is 0.264 e. The Kier molecular flexibility index (Phi) is 4.27. The number of aryl methyl sites for hydroxylation is 1. The van der Waals surface area contributed by atoms with Crippen LogP contribution < -0.4 is 5.32 Å². The molecular formula is C16H15F2N5. The molecule has 118 valence electrons. The van der Waals surface area contributed by atoms with Crippen molar-refractivity contribution in [3.8, 4) is 11.3 Å². The highest BCUT2D eigenvalue weighted by atomic mass is 19.3. The van der Waals surface area contributed by atoms with E-state index in [1.807, 2.05) is 19.1 Å². The molecule has 0 aromatic carbocycles. The van der Waals surface area contributed by atoms with Gasteiger partial charge >= 0.3 is 0 Å². The lowest BCUT2D eigenvalue weighted by Gasteiger charge is -2.10. The van der Waals surface area contributed by atoms with Crippen LogP contribution in [0.15, 0.2) is 42.9 Å². The van der Waals surface area contributed by atoms with Crippen molar-refractivity contribution in [2.45, 2.75) is 19.8 Å². The molecule has 0 saturated carbocycles. The van der Waals surface area contributed by atoms with E-state index in [-0.39, 0.29) is 5.56 Å². The van der Waals surface area contributed by atoms with Crippen LogP contribution in [-0.2, 0) is 6.42 Å². The van der Waals surface area contributed by atoms with Crippen LogP contribution in [0.5, 0.6) is 0 Å². The third kappa shape index (κ3) is 3.50. The van der Waals surface area contributed by atoms with Crippen molar-refractivity contribution in [1.82, 2.24) is 20.2 Å². The third-order valence-electron chi connectivity index (χ3n) is 3.38. The Bertz CT molecular complexity index is 787. The summed E-state index contributed by atoms with van der Waals surface area (Å²) in [4.78, 5) is 8.56. The molecule has 0 aliphatic carbocycles. The second-order valence-electron chi connectivity index (χ2n) is 4.99. The molecular weight excluding hydrogens is 300 g/mol. The lowest BCUT2D eigenvalue weighted by Crippen LogP contribution is -1.99. The quantitative estimate of drug-likeness (QED) is 0.743. The summed E-state index contributed by atoms with van der Waals surface area (Å²) in [5.74, 6) is 0.890. The molecule has 2 N–H and O–H groups in total. The normalized spacial score (nSPS) is 11.0. The molecule has 3 aromatic rings. The zero-order valence-corrected chi connectivity index (χ0v) is 12.4. The number of nitrogens with zero attached hydrogens (tertiary/aromatic N) is 3. The molecule has 0 atom stereocenters. The fraction of sp³-hybridized carbons (Fsp3) is 0.188. The number of alkyl halides is 2. The number of H-pyrrole nitrogens is 1. The summed E-state index contributed by atoms with van der Waals surface area (Å²) in [6.07, 6.45) is 3.08. The first-order valence-corrected chi connectivity index (χ1v) is 7.17. The summed E-state index contributed by atoms with van der Waals surface area (Å²) in [6.45, 7) is 2.04. The van der Waals surface area contributed by atoms with Gasteiger partial charge in [-0.15, -0.1) is 0 Å². The van der Waals surface area contributed by atoms with Crippen LogP contribution in [-0.4, -0.2) is 20.2 Å². The van der Waals surface area contributed by atoms with Crippen molar-refractivity contribution < 1.29 is 8.78 Å². The minimum atomic E-state index is -2.53. The van der Waals surface area contributed by atoms with Gasteiger partial charge < -0.3 is 5.32 Å². The molecule has 0 aliphatic rings. The predicted octanol–water partition coefficient (Wildman–Crippen LogP) is 4.11. The number of halogens is 2. The fourth-order valence-corrected chi connectivity index (χ4v) is 2.18. The summed E-state index contributed by atoms with van der Waals surface area (Å²) in [5.41, 5.74) is 2.61. The molecule has 5 nitrogen and oxygen atoms in total. The maximum absolute atomic E-state index is 12.8. The van der Waals surface area contributed by atoms with Gasteiger partial charge in [0.1, 0.15) is 11.6 Å². The first-order chi connectivity index (χ1) is 11.2. The molecule has 23 heavy (non-hydrogen) atoms. The number of hydrogen-bond donors (Lipinski definition) is 2. The van der Waals surface area contributed by atoms with Gasteiger partial charge in [-0.2, -0.15) is 5.10 Å². The minimum absolute atomic E-state index is 0.0794. The van der Waals surface area contributed by atoms with Crippen LogP contribution in [0.3, 0.4) is 0 Å². The van der Waals surface area contributed by atoms with Crippen LogP contribution in [0, 0.1) is 0 Å². The number of rotatable bonds is 5. The van der Waals surface area contributed by atoms with Gasteiger partial charge in [-0.25, -0.2) is 18.7 Å². The van der Waals surface area contributed by atoms with E-state index in [9.17, 15) is 8.78 Å². The monoisotopic (exact) mass is 315 g/mol. The number of nitrogens with one attached hydrogen (secondary N) is 2. The van der Waals surface area contributed by atoms with E-state index in [4.69, 9.17) is 0 Å². The molecule has 0 bridgehead atoms. The van der Waals surface area contributed by atoms with E-state index in [1.165, 1.54) is 18.3 Å². The standard InChI is InChI=1S/C16H15F2N5/c1-2-10-5-13(12-8-20-21-9-12)22-15(6-10)23-14-7-11(16(17)18)3-4-19-14/h3-9,16H,2H2,1H3,(H,20,21)(H,19,22,23). The van der Waals surface area contributed by atoms with Crippen molar-refractivity contribution in [1.29, 1.82) is 0 Å². The maximum atomic E-state index is 12.8. The SMILES string of the molecule is CCc1cc(Nc2cc(C(F)F)ccn2)nc(-c2cn[nH]c2)c1. The molecule has 0 saturated heterocycles. The van der Waals surface area contributed by atoms with E-state index in [1.54, 1.807) is 12.4 Å². The molecule has 7 heteroatoms. The molecule has 0 unspecified atom stereocenters. The van der Waals surface area contributed by atoms with Gasteiger partial charge in [-0.3, -0.25) is 5.10 Å². The second kappa shape index (κ2) is 6.51. The van der Waals surface area contributed by atoms with Crippen LogP contribution in [0.25, 0.3) is 11.3 Å². The Balaban J connectivity index is 1.93. The van der Waals surface area contributed by atoms with Crippen LogP contribution in [0.4, 0.5) is 20.4 Å². The van der Waals surface area contributed by atoms with Crippen molar-refractivity contribution in [2.75, 3.05) is 5.32 Å². The highest BCUT2D eigenvalue weighted by Crippen LogP contribution is 2.24. The Labute approximate surface area is 131 Å². The maximum Gasteiger partial charge on any atom is 0.264 e. The Morgan fingerprint density at radius 3 is 2.78 bits per heavy atom. The number of anilines is 2. The zero-order chi connectivity index (χ0) is 16.2. The van der Waals surface area contributed by atoms with E-state index in [2.05, 4.69) is 25.5 Å². The lowest BCUT2D eigenvalue weighted by molar-refractivity contribution is 0.151. The van der Waals surface area contributed by atoms with Gasteiger partial charge in [0.25, 0.3) is 6.43 Å². The Hall–Kier alpha value is -2.83. The van der Waals surface area contributed by atoms with E-state index in [0.717, 1.165) is 23.2 Å². The minimum Gasteiger partial charge on any atom is -0.325 e. The first-order valence-electron chi connectivity index (χ1n) is 7.17. The van der Waals surface area contributed by atoms with E-state index in [0.29, 0.717) is 11.6 Å². The highest BCUT2D eigenvalue weighted by molar-refractivity contribution is 5.63. The van der Waals surface area contributed by atoms with Crippen LogP contribution in [0.1, 0.15) is 24.5 Å². The predicted molar refractivity (Wildman–Crippen MR) is 83.7 cm³/mol. The summed E-state index contributed by atoms with van der Waals surface area (Å²) >= 11 is 0. The van der Waals surface area contributed by atoms with Crippen molar-refractivity contribution in [2.24, 2.45) is 0 Å². The van der Waals surface area contributed by atoms with Crippen molar-refractivity contribution in [3.05, 3.63) is 54.0 Å². The summed E-state index contributed by atoms with van der Waals surface area (Å²) in [7, 11) is 0. The van der Waals surface area contributed by atoms with Crippen LogP contribution in [0.2, 0.25) is 0 Å². The van der Waals surface area contributed by atoms with E-state index >= 15 is 0 Å². The first kappa shape index (κ1) is 15.1. The fourth-order valence-electron chi connectivity index (χ4n) is 2.18. The Morgan fingerprint density at radius 1 is 1.22 bits per heavy atom. The highest BCUT2D eigenvalue weighted by Gasteiger charge is 2.10. The third-order valence-corrected chi connectivity index (χ3v) is 3.38.